The second-order valence-corrected chi connectivity index (χ2v) is 6.77. The molecule has 1 N–H and O–H groups in total. The smallest absolute Gasteiger partial charge is 0.264 e. The predicted octanol–water partition coefficient (Wildman–Crippen LogP) is 1.58. The molecule has 0 spiro atoms. The SMILES string of the molecule is CN(CC1(O)CCCC1)C(=O)CN(C)C(=O)c1cccs1. The van der Waals surface area contributed by atoms with Gasteiger partial charge >= 0.3 is 0 Å². The molecule has 0 radical (unpaired) electrons. The Bertz CT molecular complexity index is 495. The van der Waals surface area contributed by atoms with Gasteiger partial charge in [0.25, 0.3) is 5.91 Å². The maximum absolute atomic E-state index is 12.2. The molecule has 5 nitrogen and oxygen atoms in total. The lowest BCUT2D eigenvalue weighted by molar-refractivity contribution is -0.133. The van der Waals surface area contributed by atoms with E-state index < -0.39 is 5.60 Å². The third-order valence-electron chi connectivity index (χ3n) is 3.94. The van der Waals surface area contributed by atoms with Gasteiger partial charge in [-0.15, -0.1) is 11.3 Å². The maximum atomic E-state index is 12.2. The van der Waals surface area contributed by atoms with Gasteiger partial charge in [-0.3, -0.25) is 9.59 Å². The Morgan fingerprint density at radius 3 is 2.52 bits per heavy atom. The number of aliphatic hydroxyl groups is 1. The highest BCUT2D eigenvalue weighted by Crippen LogP contribution is 2.29. The first kappa shape index (κ1) is 16.0. The van der Waals surface area contributed by atoms with Gasteiger partial charge in [-0.25, -0.2) is 0 Å². The van der Waals surface area contributed by atoms with Gasteiger partial charge in [0.2, 0.25) is 5.91 Å². The summed E-state index contributed by atoms with van der Waals surface area (Å²) in [6, 6.07) is 3.56. The molecule has 6 heteroatoms. The summed E-state index contributed by atoms with van der Waals surface area (Å²) in [5.41, 5.74) is -0.749. The van der Waals surface area contributed by atoms with Crippen LogP contribution in [0.5, 0.6) is 0 Å². The molecule has 0 aromatic carbocycles. The Hall–Kier alpha value is -1.40. The van der Waals surface area contributed by atoms with E-state index in [1.807, 2.05) is 11.4 Å². The summed E-state index contributed by atoms with van der Waals surface area (Å²) in [6.45, 7) is 0.371. The van der Waals surface area contributed by atoms with Gasteiger partial charge in [0.05, 0.1) is 17.0 Å². The van der Waals surface area contributed by atoms with Gasteiger partial charge in [-0.2, -0.15) is 0 Å². The zero-order valence-corrected chi connectivity index (χ0v) is 13.4. The summed E-state index contributed by atoms with van der Waals surface area (Å²) in [4.78, 5) is 27.8. The minimum atomic E-state index is -0.749. The van der Waals surface area contributed by atoms with E-state index in [1.54, 1.807) is 20.2 Å². The number of rotatable bonds is 5. The fourth-order valence-corrected chi connectivity index (χ4v) is 3.42. The average molecular weight is 310 g/mol. The van der Waals surface area contributed by atoms with Crippen LogP contribution in [-0.4, -0.2) is 59.5 Å². The molecule has 1 aromatic heterocycles. The van der Waals surface area contributed by atoms with Crippen molar-refractivity contribution in [2.24, 2.45) is 0 Å². The maximum Gasteiger partial charge on any atom is 0.264 e. The lowest BCUT2D eigenvalue weighted by atomic mass is 10.0. The van der Waals surface area contributed by atoms with Gasteiger partial charge in [-0.05, 0) is 24.3 Å². The standard InChI is InChI=1S/C15H22N2O3S/c1-16(14(19)12-6-5-9-21-12)10-13(18)17(2)11-15(20)7-3-4-8-15/h5-6,9,20H,3-4,7-8,10-11H2,1-2H3. The quantitative estimate of drug-likeness (QED) is 0.898. The molecule has 1 aromatic rings. The Labute approximate surface area is 129 Å². The molecule has 0 atom stereocenters. The van der Waals surface area contributed by atoms with Crippen molar-refractivity contribution in [1.82, 2.24) is 9.80 Å². The van der Waals surface area contributed by atoms with Crippen LogP contribution in [0, 0.1) is 0 Å². The van der Waals surface area contributed by atoms with Gasteiger partial charge in [0, 0.05) is 20.6 Å². The summed E-state index contributed by atoms with van der Waals surface area (Å²) in [5.74, 6) is -0.297. The molecule has 1 heterocycles. The molecule has 1 aliphatic carbocycles. The molecule has 0 saturated heterocycles. The second-order valence-electron chi connectivity index (χ2n) is 5.82. The lowest BCUT2D eigenvalue weighted by Gasteiger charge is -2.29. The van der Waals surface area contributed by atoms with Crippen LogP contribution in [-0.2, 0) is 4.79 Å². The van der Waals surface area contributed by atoms with Crippen molar-refractivity contribution in [2.45, 2.75) is 31.3 Å². The Balaban J connectivity index is 1.87. The molecule has 1 fully saturated rings. The molecule has 116 valence electrons. The summed E-state index contributed by atoms with van der Waals surface area (Å²) in [5, 5.41) is 12.2. The Kier molecular flexibility index (Phi) is 5.00. The highest BCUT2D eigenvalue weighted by atomic mass is 32.1. The van der Waals surface area contributed by atoms with E-state index in [0.717, 1.165) is 25.7 Å². The van der Waals surface area contributed by atoms with Crippen LogP contribution in [0.25, 0.3) is 0 Å². The highest BCUT2D eigenvalue weighted by Gasteiger charge is 2.33. The van der Waals surface area contributed by atoms with E-state index in [0.29, 0.717) is 11.4 Å². The number of hydrogen-bond acceptors (Lipinski definition) is 4. The molecule has 1 saturated carbocycles. The minimum Gasteiger partial charge on any atom is -0.388 e. The molecule has 21 heavy (non-hydrogen) atoms. The number of thiophene rings is 1. The van der Waals surface area contributed by atoms with Crippen molar-refractivity contribution < 1.29 is 14.7 Å². The minimum absolute atomic E-state index is 0.0311. The van der Waals surface area contributed by atoms with Crippen LogP contribution in [0.3, 0.4) is 0 Å². The van der Waals surface area contributed by atoms with E-state index in [4.69, 9.17) is 0 Å². The lowest BCUT2D eigenvalue weighted by Crippen LogP contribution is -2.46. The Morgan fingerprint density at radius 1 is 1.29 bits per heavy atom. The zero-order chi connectivity index (χ0) is 15.5. The summed E-state index contributed by atoms with van der Waals surface area (Å²) in [7, 11) is 3.31. The fraction of sp³-hybridized carbons (Fsp3) is 0.600. The van der Waals surface area contributed by atoms with E-state index in [1.165, 1.54) is 21.1 Å². The van der Waals surface area contributed by atoms with E-state index in [2.05, 4.69) is 0 Å². The molecule has 2 rings (SSSR count). The monoisotopic (exact) mass is 310 g/mol. The normalized spacial score (nSPS) is 16.7. The van der Waals surface area contributed by atoms with Gasteiger partial charge in [-0.1, -0.05) is 18.9 Å². The third kappa shape index (κ3) is 4.04. The largest absolute Gasteiger partial charge is 0.388 e. The van der Waals surface area contributed by atoms with Crippen LogP contribution in [0.15, 0.2) is 17.5 Å². The summed E-state index contributed by atoms with van der Waals surface area (Å²) < 4.78 is 0. The van der Waals surface area contributed by atoms with Crippen molar-refractivity contribution in [3.05, 3.63) is 22.4 Å². The second kappa shape index (κ2) is 6.58. The molecule has 0 bridgehead atoms. The molecular formula is C15H22N2O3S. The van der Waals surface area contributed by atoms with Crippen LogP contribution in [0.1, 0.15) is 35.4 Å². The van der Waals surface area contributed by atoms with Crippen LogP contribution in [0.2, 0.25) is 0 Å². The average Bonchev–Trinajstić information content (AvgIpc) is 3.09. The Morgan fingerprint density at radius 2 is 1.95 bits per heavy atom. The van der Waals surface area contributed by atoms with Gasteiger partial charge in [0.15, 0.2) is 0 Å². The number of nitrogens with zero attached hydrogens (tertiary/aromatic N) is 2. The number of hydrogen-bond donors (Lipinski definition) is 1. The number of carbonyl (C=O) groups is 2. The van der Waals surface area contributed by atoms with Crippen LogP contribution >= 0.6 is 11.3 Å². The van der Waals surface area contributed by atoms with E-state index >= 15 is 0 Å². The number of amides is 2. The van der Waals surface area contributed by atoms with Crippen molar-refractivity contribution in [3.8, 4) is 0 Å². The summed E-state index contributed by atoms with van der Waals surface area (Å²) >= 11 is 1.36. The third-order valence-corrected chi connectivity index (χ3v) is 4.80. The van der Waals surface area contributed by atoms with E-state index in [-0.39, 0.29) is 18.4 Å². The number of likely N-dealkylation sites (N-methyl/N-ethyl adjacent to an activating group) is 2. The molecule has 1 aliphatic rings. The first-order chi connectivity index (χ1) is 9.91. The van der Waals surface area contributed by atoms with Crippen molar-refractivity contribution in [3.63, 3.8) is 0 Å². The van der Waals surface area contributed by atoms with E-state index in [9.17, 15) is 14.7 Å². The summed E-state index contributed by atoms with van der Waals surface area (Å²) in [6.07, 6.45) is 3.51. The molecule has 0 unspecified atom stereocenters. The first-order valence-electron chi connectivity index (χ1n) is 7.17. The van der Waals surface area contributed by atoms with Crippen LogP contribution < -0.4 is 0 Å². The van der Waals surface area contributed by atoms with Gasteiger partial charge in [0.1, 0.15) is 0 Å². The fourth-order valence-electron chi connectivity index (χ4n) is 2.70. The van der Waals surface area contributed by atoms with Gasteiger partial charge < -0.3 is 14.9 Å². The first-order valence-corrected chi connectivity index (χ1v) is 8.04. The van der Waals surface area contributed by atoms with Crippen LogP contribution in [0.4, 0.5) is 0 Å². The zero-order valence-electron chi connectivity index (χ0n) is 12.5. The molecular weight excluding hydrogens is 288 g/mol. The highest BCUT2D eigenvalue weighted by molar-refractivity contribution is 7.12. The van der Waals surface area contributed by atoms with Crippen molar-refractivity contribution in [1.29, 1.82) is 0 Å². The molecule has 0 aliphatic heterocycles. The van der Waals surface area contributed by atoms with Crippen molar-refractivity contribution >= 4 is 23.2 Å². The molecule has 2 amide bonds. The predicted molar refractivity (Wildman–Crippen MR) is 82.3 cm³/mol. The van der Waals surface area contributed by atoms with Crippen molar-refractivity contribution in [2.75, 3.05) is 27.2 Å². The topological polar surface area (TPSA) is 60.9 Å². The number of carbonyl (C=O) groups excluding carboxylic acids is 2.